The highest BCUT2D eigenvalue weighted by Gasteiger charge is 2.32. The maximum Gasteiger partial charge on any atom is 0.296 e. The predicted molar refractivity (Wildman–Crippen MR) is 94.3 cm³/mol. The van der Waals surface area contributed by atoms with E-state index in [2.05, 4.69) is 25.6 Å². The van der Waals surface area contributed by atoms with Crippen LogP contribution in [0.4, 0.5) is 5.69 Å². The Hall–Kier alpha value is -1.71. The van der Waals surface area contributed by atoms with Crippen LogP contribution < -0.4 is 10.1 Å². The molecule has 0 aliphatic carbocycles. The highest BCUT2D eigenvalue weighted by atomic mass is 79.9. The molecule has 0 saturated heterocycles. The number of amides is 2. The lowest BCUT2D eigenvalue weighted by Crippen LogP contribution is -2.22. The molecular formula is C15H11BrN2O4S2. The van der Waals surface area contributed by atoms with Gasteiger partial charge < -0.3 is 10.1 Å². The molecule has 2 aliphatic rings. The van der Waals surface area contributed by atoms with Crippen molar-refractivity contribution in [1.29, 1.82) is 0 Å². The summed E-state index contributed by atoms with van der Waals surface area (Å²) >= 11 is 4.61. The van der Waals surface area contributed by atoms with Crippen molar-refractivity contribution >= 4 is 54.5 Å². The van der Waals surface area contributed by atoms with Gasteiger partial charge in [0.05, 0.1) is 26.9 Å². The zero-order valence-electron chi connectivity index (χ0n) is 12.2. The van der Waals surface area contributed by atoms with Crippen LogP contribution >= 0.6 is 27.3 Å². The Balaban J connectivity index is 1.62. The number of nitrogens with zero attached hydrogens (tertiary/aromatic N) is 1. The highest BCUT2D eigenvalue weighted by Crippen LogP contribution is 2.37. The minimum atomic E-state index is -3.04. The molecule has 9 heteroatoms. The van der Waals surface area contributed by atoms with Crippen LogP contribution in [0.25, 0.3) is 0 Å². The number of carbonyl (C=O) groups excluding carboxylic acids is 2. The zero-order chi connectivity index (χ0) is 16.9. The van der Waals surface area contributed by atoms with Gasteiger partial charge in [0, 0.05) is 16.5 Å². The van der Waals surface area contributed by atoms with Gasteiger partial charge in [-0.1, -0.05) is 0 Å². The van der Waals surface area contributed by atoms with Crippen LogP contribution in [0.1, 0.15) is 15.2 Å². The van der Waals surface area contributed by atoms with Gasteiger partial charge in [0.1, 0.15) is 16.4 Å². The molecule has 1 aromatic carbocycles. The molecule has 0 radical (unpaired) electrons. The third-order valence-corrected chi connectivity index (χ3v) is 7.65. The number of benzene rings is 1. The van der Waals surface area contributed by atoms with E-state index in [-0.39, 0.29) is 5.75 Å². The lowest BCUT2D eigenvalue weighted by molar-refractivity contribution is -0.113. The van der Waals surface area contributed by atoms with Gasteiger partial charge >= 0.3 is 0 Å². The molecule has 2 amide bonds. The van der Waals surface area contributed by atoms with E-state index in [1.807, 2.05) is 6.07 Å². The van der Waals surface area contributed by atoms with Gasteiger partial charge in [0.2, 0.25) is 5.91 Å². The van der Waals surface area contributed by atoms with E-state index in [1.54, 1.807) is 17.5 Å². The fraction of sp³-hybridized carbons (Fsp3) is 0.200. The van der Waals surface area contributed by atoms with Crippen molar-refractivity contribution in [2.75, 3.05) is 17.7 Å². The smallest absolute Gasteiger partial charge is 0.296 e. The lowest BCUT2D eigenvalue weighted by atomic mass is 10.1. The fourth-order valence-electron chi connectivity index (χ4n) is 2.77. The van der Waals surface area contributed by atoms with Crippen molar-refractivity contribution in [3.63, 3.8) is 0 Å². The van der Waals surface area contributed by atoms with Gasteiger partial charge in [-0.15, -0.1) is 11.3 Å². The summed E-state index contributed by atoms with van der Waals surface area (Å²) in [4.78, 5) is 25.0. The van der Waals surface area contributed by atoms with Crippen LogP contribution in [0.5, 0.6) is 5.75 Å². The molecule has 3 heterocycles. The van der Waals surface area contributed by atoms with Gasteiger partial charge in [-0.2, -0.15) is 4.36 Å². The number of fused-ring (bicyclic) bond motifs is 2. The molecule has 1 N–H and O–H groups in total. The standard InChI is InChI=1S/C15H11BrN2O4S2/c16-9-1-2-10-8(3-5-22-10)13(9)17-12(19)7-24(21)11-4-6-23-14(11)15(20)18-24/h1-2,4,6H,3,5,7H2,(H,17,19). The first-order valence-corrected chi connectivity index (χ1v) is 10.4. The first kappa shape index (κ1) is 15.8. The van der Waals surface area contributed by atoms with E-state index in [9.17, 15) is 13.8 Å². The fourth-order valence-corrected chi connectivity index (χ4v) is 6.36. The third kappa shape index (κ3) is 2.47. The maximum absolute atomic E-state index is 12.9. The molecule has 0 fully saturated rings. The molecule has 4 rings (SSSR count). The number of hydrogen-bond acceptors (Lipinski definition) is 5. The van der Waals surface area contributed by atoms with Crippen molar-refractivity contribution in [1.82, 2.24) is 0 Å². The molecule has 124 valence electrons. The lowest BCUT2D eigenvalue weighted by Gasteiger charge is -2.12. The van der Waals surface area contributed by atoms with E-state index in [1.165, 1.54) is 11.3 Å². The van der Waals surface area contributed by atoms with Gasteiger partial charge in [-0.3, -0.25) is 9.59 Å². The summed E-state index contributed by atoms with van der Waals surface area (Å²) in [7, 11) is -3.04. The number of rotatable bonds is 3. The number of carbonyl (C=O) groups is 2. The Morgan fingerprint density at radius 3 is 3.08 bits per heavy atom. The van der Waals surface area contributed by atoms with Crippen LogP contribution in [-0.4, -0.2) is 28.4 Å². The Kier molecular flexibility index (Phi) is 3.74. The molecule has 2 aliphatic heterocycles. The summed E-state index contributed by atoms with van der Waals surface area (Å²) in [5, 5.41) is 4.47. The molecule has 1 unspecified atom stereocenters. The SMILES string of the molecule is O=C(CS1(=O)=NC(=O)c2sccc21)Nc1c(Br)ccc2c1CCO2. The van der Waals surface area contributed by atoms with Crippen molar-refractivity contribution in [2.45, 2.75) is 11.3 Å². The molecule has 0 spiro atoms. The van der Waals surface area contributed by atoms with Crippen LogP contribution in [0.3, 0.4) is 0 Å². The van der Waals surface area contributed by atoms with Crippen molar-refractivity contribution in [2.24, 2.45) is 4.36 Å². The van der Waals surface area contributed by atoms with E-state index in [0.717, 1.165) is 15.8 Å². The van der Waals surface area contributed by atoms with Crippen molar-refractivity contribution in [3.8, 4) is 5.75 Å². The zero-order valence-corrected chi connectivity index (χ0v) is 15.4. The van der Waals surface area contributed by atoms with Gasteiger partial charge in [-0.05, 0) is 39.5 Å². The van der Waals surface area contributed by atoms with Crippen LogP contribution in [0.2, 0.25) is 0 Å². The number of ether oxygens (including phenoxy) is 1. The molecule has 1 aromatic heterocycles. The largest absolute Gasteiger partial charge is 0.493 e. The molecular weight excluding hydrogens is 416 g/mol. The Morgan fingerprint density at radius 1 is 1.42 bits per heavy atom. The molecule has 24 heavy (non-hydrogen) atoms. The summed E-state index contributed by atoms with van der Waals surface area (Å²) in [6.07, 6.45) is 0.692. The minimum Gasteiger partial charge on any atom is -0.493 e. The second kappa shape index (κ2) is 5.68. The Morgan fingerprint density at radius 2 is 2.25 bits per heavy atom. The summed E-state index contributed by atoms with van der Waals surface area (Å²) in [6, 6.07) is 5.24. The van der Waals surface area contributed by atoms with E-state index < -0.39 is 21.5 Å². The van der Waals surface area contributed by atoms with Crippen LogP contribution in [-0.2, 0) is 20.9 Å². The number of hydrogen-bond donors (Lipinski definition) is 1. The summed E-state index contributed by atoms with van der Waals surface area (Å²) in [5.74, 6) is -0.567. The van der Waals surface area contributed by atoms with Crippen molar-refractivity contribution in [3.05, 3.63) is 38.5 Å². The minimum absolute atomic E-state index is 0.348. The van der Waals surface area contributed by atoms with Crippen LogP contribution in [0.15, 0.2) is 37.3 Å². The Labute approximate surface area is 150 Å². The quantitative estimate of drug-likeness (QED) is 0.816. The molecule has 0 bridgehead atoms. The summed E-state index contributed by atoms with van der Waals surface area (Å²) in [6.45, 7) is 0.563. The highest BCUT2D eigenvalue weighted by molar-refractivity contribution is 9.10. The molecule has 6 nitrogen and oxygen atoms in total. The van der Waals surface area contributed by atoms with Gasteiger partial charge in [0.25, 0.3) is 5.91 Å². The number of halogens is 1. The average Bonchev–Trinajstić information content (AvgIpc) is 3.21. The monoisotopic (exact) mass is 426 g/mol. The first-order valence-electron chi connectivity index (χ1n) is 7.09. The van der Waals surface area contributed by atoms with E-state index in [0.29, 0.717) is 28.5 Å². The average molecular weight is 427 g/mol. The number of anilines is 1. The predicted octanol–water partition coefficient (Wildman–Crippen LogP) is 3.06. The topological polar surface area (TPSA) is 84.8 Å². The van der Waals surface area contributed by atoms with Crippen molar-refractivity contribution < 1.29 is 18.5 Å². The number of nitrogens with one attached hydrogen (secondary N) is 1. The van der Waals surface area contributed by atoms with E-state index in [4.69, 9.17) is 4.74 Å². The summed E-state index contributed by atoms with van der Waals surface area (Å²) in [5.41, 5.74) is 1.52. The maximum atomic E-state index is 12.9. The normalized spacial score (nSPS) is 21.0. The number of thiophene rings is 1. The summed E-state index contributed by atoms with van der Waals surface area (Å²) < 4.78 is 22.9. The van der Waals surface area contributed by atoms with Crippen LogP contribution in [0, 0.1) is 0 Å². The third-order valence-electron chi connectivity index (χ3n) is 3.82. The van der Waals surface area contributed by atoms with E-state index >= 15 is 0 Å². The Bertz CT molecular complexity index is 1000. The van der Waals surface area contributed by atoms with Gasteiger partial charge in [0.15, 0.2) is 0 Å². The van der Waals surface area contributed by atoms with Gasteiger partial charge in [-0.25, -0.2) is 4.21 Å². The second-order valence-corrected chi connectivity index (χ2v) is 9.30. The molecule has 2 aromatic rings. The molecule has 0 saturated carbocycles. The molecule has 1 atom stereocenters. The second-order valence-electron chi connectivity index (χ2n) is 5.34. The first-order chi connectivity index (χ1) is 11.5.